The van der Waals surface area contributed by atoms with E-state index in [1.807, 2.05) is 30.3 Å². The number of anilines is 1. The molecular formula is C24H22N3. The standard InChI is InChI=1S/C24H22N3/c1-2-3-16-25-23-15-14-21-22(26-23)17-20(18-10-6-4-7-11-18)24(27-21)19-12-8-5-9-13-19/h4,6-15,17H,2-3,16H2,1H3,(H,25,26). The van der Waals surface area contributed by atoms with Crippen LogP contribution in [-0.2, 0) is 0 Å². The van der Waals surface area contributed by atoms with Crippen LogP contribution in [0, 0.1) is 6.07 Å². The van der Waals surface area contributed by atoms with Gasteiger partial charge in [-0.05, 0) is 36.2 Å². The minimum atomic E-state index is 0.901. The number of benzene rings is 2. The summed E-state index contributed by atoms with van der Waals surface area (Å²) >= 11 is 0. The van der Waals surface area contributed by atoms with E-state index in [2.05, 4.69) is 60.8 Å². The molecule has 4 rings (SSSR count). The lowest BCUT2D eigenvalue weighted by atomic mass is 9.98. The minimum Gasteiger partial charge on any atom is -0.370 e. The van der Waals surface area contributed by atoms with E-state index in [0.717, 1.165) is 58.6 Å². The summed E-state index contributed by atoms with van der Waals surface area (Å²) < 4.78 is 0. The van der Waals surface area contributed by atoms with Crippen LogP contribution in [0.1, 0.15) is 19.8 Å². The van der Waals surface area contributed by atoms with Crippen molar-refractivity contribution in [3.05, 3.63) is 78.9 Å². The van der Waals surface area contributed by atoms with Crippen molar-refractivity contribution < 1.29 is 0 Å². The summed E-state index contributed by atoms with van der Waals surface area (Å²) in [6.07, 6.45) is 2.30. The van der Waals surface area contributed by atoms with Crippen molar-refractivity contribution in [2.45, 2.75) is 19.8 Å². The molecule has 133 valence electrons. The van der Waals surface area contributed by atoms with Crippen LogP contribution in [-0.4, -0.2) is 16.5 Å². The zero-order valence-corrected chi connectivity index (χ0v) is 15.4. The average Bonchev–Trinajstić information content (AvgIpc) is 2.74. The normalized spacial score (nSPS) is 10.9. The Morgan fingerprint density at radius 2 is 1.67 bits per heavy atom. The second-order valence-corrected chi connectivity index (χ2v) is 6.55. The summed E-state index contributed by atoms with van der Waals surface area (Å²) in [7, 11) is 0. The summed E-state index contributed by atoms with van der Waals surface area (Å²) in [5.74, 6) is 0.902. The van der Waals surface area contributed by atoms with Gasteiger partial charge in [0.25, 0.3) is 0 Å². The average molecular weight is 352 g/mol. The van der Waals surface area contributed by atoms with Crippen LogP contribution in [0.4, 0.5) is 5.82 Å². The van der Waals surface area contributed by atoms with E-state index in [0.29, 0.717) is 0 Å². The summed E-state index contributed by atoms with van der Waals surface area (Å²) in [5, 5.41) is 3.40. The number of pyridine rings is 2. The van der Waals surface area contributed by atoms with Crippen molar-refractivity contribution in [2.75, 3.05) is 11.9 Å². The smallest absolute Gasteiger partial charge is 0.126 e. The third-order valence-corrected chi connectivity index (χ3v) is 4.58. The maximum Gasteiger partial charge on any atom is 0.126 e. The highest BCUT2D eigenvalue weighted by atomic mass is 15.0. The van der Waals surface area contributed by atoms with Gasteiger partial charge >= 0.3 is 0 Å². The minimum absolute atomic E-state index is 0.901. The monoisotopic (exact) mass is 352 g/mol. The Kier molecular flexibility index (Phi) is 5.10. The van der Waals surface area contributed by atoms with Gasteiger partial charge in [0.1, 0.15) is 5.82 Å². The van der Waals surface area contributed by atoms with Gasteiger partial charge in [-0.3, -0.25) is 0 Å². The van der Waals surface area contributed by atoms with Crippen molar-refractivity contribution in [1.29, 1.82) is 0 Å². The van der Waals surface area contributed by atoms with E-state index in [-0.39, 0.29) is 0 Å². The first kappa shape index (κ1) is 17.2. The van der Waals surface area contributed by atoms with Gasteiger partial charge in [-0.2, -0.15) is 0 Å². The molecule has 27 heavy (non-hydrogen) atoms. The van der Waals surface area contributed by atoms with Crippen LogP contribution in [0.2, 0.25) is 0 Å². The lowest BCUT2D eigenvalue weighted by molar-refractivity contribution is 0.831. The number of nitrogens with zero attached hydrogens (tertiary/aromatic N) is 2. The zero-order valence-electron chi connectivity index (χ0n) is 15.4. The summed E-state index contributed by atoms with van der Waals surface area (Å²) in [5.41, 5.74) is 6.09. The quantitative estimate of drug-likeness (QED) is 0.434. The van der Waals surface area contributed by atoms with Crippen LogP contribution in [0.15, 0.2) is 72.8 Å². The van der Waals surface area contributed by atoms with Gasteiger partial charge < -0.3 is 5.32 Å². The first-order valence-electron chi connectivity index (χ1n) is 9.43. The van der Waals surface area contributed by atoms with E-state index >= 15 is 0 Å². The number of fused-ring (bicyclic) bond motifs is 1. The molecule has 0 bridgehead atoms. The molecule has 0 fully saturated rings. The Labute approximate surface area is 160 Å². The van der Waals surface area contributed by atoms with Gasteiger partial charge in [-0.25, -0.2) is 9.97 Å². The molecule has 0 aliphatic heterocycles. The summed E-state index contributed by atoms with van der Waals surface area (Å²) in [6, 6.07) is 27.6. The van der Waals surface area contributed by atoms with Crippen molar-refractivity contribution >= 4 is 16.9 Å². The highest BCUT2D eigenvalue weighted by molar-refractivity contribution is 5.90. The van der Waals surface area contributed by atoms with Gasteiger partial charge in [0, 0.05) is 17.7 Å². The molecular weight excluding hydrogens is 330 g/mol. The molecule has 0 atom stereocenters. The molecule has 0 spiro atoms. The Hall–Kier alpha value is -3.20. The molecule has 3 nitrogen and oxygen atoms in total. The van der Waals surface area contributed by atoms with Gasteiger partial charge in [0.15, 0.2) is 0 Å². The Morgan fingerprint density at radius 1 is 0.852 bits per heavy atom. The van der Waals surface area contributed by atoms with E-state index in [1.165, 1.54) is 0 Å². The fourth-order valence-electron chi connectivity index (χ4n) is 3.15. The summed E-state index contributed by atoms with van der Waals surface area (Å²) in [4.78, 5) is 9.74. The summed E-state index contributed by atoms with van der Waals surface area (Å²) in [6.45, 7) is 3.13. The third kappa shape index (κ3) is 3.82. The first-order valence-corrected chi connectivity index (χ1v) is 9.43. The lowest BCUT2D eigenvalue weighted by Gasteiger charge is -2.12. The maximum absolute atomic E-state index is 4.96. The van der Waals surface area contributed by atoms with Crippen LogP contribution in [0.25, 0.3) is 33.4 Å². The number of hydrogen-bond donors (Lipinski definition) is 1. The van der Waals surface area contributed by atoms with Crippen molar-refractivity contribution in [2.24, 2.45) is 0 Å². The molecule has 0 unspecified atom stereocenters. The zero-order chi connectivity index (χ0) is 18.5. The molecule has 0 aliphatic rings. The second kappa shape index (κ2) is 8.00. The van der Waals surface area contributed by atoms with Gasteiger partial charge in [-0.15, -0.1) is 0 Å². The molecule has 0 aliphatic carbocycles. The topological polar surface area (TPSA) is 37.8 Å². The molecule has 2 aromatic heterocycles. The fourth-order valence-corrected chi connectivity index (χ4v) is 3.15. The number of aromatic nitrogens is 2. The number of rotatable bonds is 6. The molecule has 1 radical (unpaired) electrons. The van der Waals surface area contributed by atoms with E-state index in [9.17, 15) is 0 Å². The Balaban J connectivity index is 1.84. The maximum atomic E-state index is 4.96. The first-order chi connectivity index (χ1) is 13.3. The third-order valence-electron chi connectivity index (χ3n) is 4.58. The highest BCUT2D eigenvalue weighted by Crippen LogP contribution is 2.33. The predicted molar refractivity (Wildman–Crippen MR) is 113 cm³/mol. The second-order valence-electron chi connectivity index (χ2n) is 6.55. The van der Waals surface area contributed by atoms with Crippen molar-refractivity contribution in [1.82, 2.24) is 9.97 Å². The Bertz CT molecular complexity index is 1030. The van der Waals surface area contributed by atoms with E-state index in [1.54, 1.807) is 0 Å². The lowest BCUT2D eigenvalue weighted by Crippen LogP contribution is -2.03. The van der Waals surface area contributed by atoms with Gasteiger partial charge in [0.05, 0.1) is 16.7 Å². The largest absolute Gasteiger partial charge is 0.370 e. The molecule has 2 aromatic carbocycles. The molecule has 4 aromatic rings. The molecule has 1 N–H and O–H groups in total. The molecule has 0 amide bonds. The predicted octanol–water partition coefficient (Wildman–Crippen LogP) is 5.98. The van der Waals surface area contributed by atoms with E-state index in [4.69, 9.17) is 9.97 Å². The molecule has 0 saturated heterocycles. The highest BCUT2D eigenvalue weighted by Gasteiger charge is 2.12. The number of unbranched alkanes of at least 4 members (excludes halogenated alkanes) is 1. The number of nitrogens with one attached hydrogen (secondary N) is 1. The van der Waals surface area contributed by atoms with Gasteiger partial charge in [0.2, 0.25) is 0 Å². The van der Waals surface area contributed by atoms with Crippen molar-refractivity contribution in [3.63, 3.8) is 0 Å². The van der Waals surface area contributed by atoms with Crippen LogP contribution in [0.3, 0.4) is 0 Å². The molecule has 2 heterocycles. The van der Waals surface area contributed by atoms with Crippen molar-refractivity contribution in [3.8, 4) is 22.4 Å². The van der Waals surface area contributed by atoms with Crippen LogP contribution in [0.5, 0.6) is 0 Å². The fraction of sp³-hybridized carbons (Fsp3) is 0.167. The Morgan fingerprint density at radius 3 is 2.44 bits per heavy atom. The van der Waals surface area contributed by atoms with Gasteiger partial charge in [-0.1, -0.05) is 67.9 Å². The van der Waals surface area contributed by atoms with Crippen LogP contribution < -0.4 is 5.32 Å². The van der Waals surface area contributed by atoms with E-state index < -0.39 is 0 Å². The SMILES string of the molecule is CCCCNc1ccc2nc(-c3cc[c]cc3)c(-c3ccccc3)cc2n1. The van der Waals surface area contributed by atoms with Crippen LogP contribution >= 0.6 is 0 Å². The molecule has 0 saturated carbocycles. The molecule has 3 heteroatoms. The number of hydrogen-bond acceptors (Lipinski definition) is 3.